The van der Waals surface area contributed by atoms with Crippen molar-refractivity contribution in [1.29, 1.82) is 0 Å². The van der Waals surface area contributed by atoms with E-state index in [-0.39, 0.29) is 23.7 Å². The molecule has 0 spiro atoms. The fraction of sp³-hybridized carbons (Fsp3) is 0.562. The van der Waals surface area contributed by atoms with Crippen molar-refractivity contribution in [2.45, 2.75) is 49.6 Å². The molecule has 1 rings (SSSR count). The van der Waals surface area contributed by atoms with Gasteiger partial charge in [0, 0.05) is 18.8 Å². The van der Waals surface area contributed by atoms with Gasteiger partial charge in [-0.25, -0.2) is 13.1 Å². The second-order valence-electron chi connectivity index (χ2n) is 5.72. The zero-order chi connectivity index (χ0) is 19.6. The van der Waals surface area contributed by atoms with Crippen LogP contribution in [0.2, 0.25) is 0 Å². The number of carbonyl (C=O) groups excluding carboxylic acids is 1. The lowest BCUT2D eigenvalue weighted by molar-refractivity contribution is -0.167. The molecule has 0 saturated heterocycles. The van der Waals surface area contributed by atoms with Gasteiger partial charge in [-0.3, -0.25) is 4.79 Å². The van der Waals surface area contributed by atoms with Crippen LogP contribution in [0, 0.1) is 0 Å². The third-order valence-electron chi connectivity index (χ3n) is 3.56. The molecule has 0 radical (unpaired) electrons. The zero-order valence-electron chi connectivity index (χ0n) is 14.2. The number of aliphatic hydroxyl groups excluding tert-OH is 1. The quantitative estimate of drug-likeness (QED) is 0.501. The second-order valence-corrected chi connectivity index (χ2v) is 7.49. The van der Waals surface area contributed by atoms with Crippen molar-refractivity contribution >= 4 is 21.6 Å². The molecular weight excluding hydrogens is 373 g/mol. The minimum atomic E-state index is -5.01. The van der Waals surface area contributed by atoms with Crippen LogP contribution in [-0.4, -0.2) is 38.8 Å². The maximum atomic E-state index is 12.2. The van der Waals surface area contributed by atoms with Crippen LogP contribution in [0.3, 0.4) is 0 Å². The van der Waals surface area contributed by atoms with Gasteiger partial charge in [-0.1, -0.05) is 25.7 Å². The number of nitrogens with one attached hydrogen (secondary N) is 2. The fourth-order valence-electron chi connectivity index (χ4n) is 2.15. The molecule has 10 heteroatoms. The topological polar surface area (TPSA) is 95.5 Å². The van der Waals surface area contributed by atoms with Crippen LogP contribution < -0.4 is 10.0 Å². The molecule has 0 unspecified atom stereocenters. The summed E-state index contributed by atoms with van der Waals surface area (Å²) in [4.78, 5) is 10.7. The average Bonchev–Trinajstić information content (AvgIpc) is 2.57. The minimum absolute atomic E-state index is 0.0922. The molecular formula is C16H23F3N2O4S. The SMILES string of the molecule is O=C(Nc1ccc(S(=O)(=O)NCCCCCCCCO)cc1)C(F)(F)F. The highest BCUT2D eigenvalue weighted by Gasteiger charge is 2.38. The number of aliphatic hydroxyl groups is 1. The Balaban J connectivity index is 2.43. The fourth-order valence-corrected chi connectivity index (χ4v) is 3.23. The van der Waals surface area contributed by atoms with Gasteiger partial charge in [-0.2, -0.15) is 13.2 Å². The molecule has 0 aromatic heterocycles. The Kier molecular flexibility index (Phi) is 9.03. The van der Waals surface area contributed by atoms with Crippen LogP contribution in [0.1, 0.15) is 38.5 Å². The molecule has 1 amide bonds. The zero-order valence-corrected chi connectivity index (χ0v) is 15.0. The molecule has 6 nitrogen and oxygen atoms in total. The van der Waals surface area contributed by atoms with E-state index in [0.717, 1.165) is 56.4 Å². The van der Waals surface area contributed by atoms with E-state index in [1.807, 2.05) is 0 Å². The number of sulfonamides is 1. The van der Waals surface area contributed by atoms with Gasteiger partial charge in [-0.15, -0.1) is 0 Å². The molecule has 0 heterocycles. The molecule has 0 bridgehead atoms. The van der Waals surface area contributed by atoms with E-state index in [9.17, 15) is 26.4 Å². The van der Waals surface area contributed by atoms with Gasteiger partial charge < -0.3 is 10.4 Å². The van der Waals surface area contributed by atoms with Crippen molar-refractivity contribution in [2.24, 2.45) is 0 Å². The molecule has 0 fully saturated rings. The van der Waals surface area contributed by atoms with Crippen LogP contribution in [0.25, 0.3) is 0 Å². The lowest BCUT2D eigenvalue weighted by Gasteiger charge is -2.10. The van der Waals surface area contributed by atoms with E-state index in [1.54, 1.807) is 5.32 Å². The summed E-state index contributed by atoms with van der Waals surface area (Å²) < 4.78 is 63.1. The monoisotopic (exact) mass is 396 g/mol. The summed E-state index contributed by atoms with van der Waals surface area (Å²) in [7, 11) is -3.75. The smallest absolute Gasteiger partial charge is 0.396 e. The average molecular weight is 396 g/mol. The summed E-state index contributed by atoms with van der Waals surface area (Å²) in [6, 6.07) is 4.45. The Bertz CT molecular complexity index is 661. The molecule has 148 valence electrons. The van der Waals surface area contributed by atoms with Gasteiger partial charge >= 0.3 is 12.1 Å². The highest BCUT2D eigenvalue weighted by atomic mass is 32.2. The van der Waals surface area contributed by atoms with E-state index in [1.165, 1.54) is 0 Å². The molecule has 1 aromatic rings. The second kappa shape index (κ2) is 10.5. The van der Waals surface area contributed by atoms with Crippen LogP contribution in [0.5, 0.6) is 0 Å². The lowest BCUT2D eigenvalue weighted by Crippen LogP contribution is -2.30. The Labute approximate surface area is 150 Å². The van der Waals surface area contributed by atoms with Crippen molar-refractivity contribution in [3.05, 3.63) is 24.3 Å². The largest absolute Gasteiger partial charge is 0.471 e. The van der Waals surface area contributed by atoms with E-state index < -0.39 is 22.1 Å². The van der Waals surface area contributed by atoms with Crippen molar-refractivity contribution in [3.63, 3.8) is 0 Å². The summed E-state index contributed by atoms with van der Waals surface area (Å²) in [6.07, 6.45) is 0.165. The van der Waals surface area contributed by atoms with Gasteiger partial charge in [0.2, 0.25) is 10.0 Å². The number of hydrogen-bond donors (Lipinski definition) is 3. The van der Waals surface area contributed by atoms with Gasteiger partial charge in [0.05, 0.1) is 4.90 Å². The highest BCUT2D eigenvalue weighted by molar-refractivity contribution is 7.89. The first-order valence-electron chi connectivity index (χ1n) is 8.25. The maximum absolute atomic E-state index is 12.2. The Hall–Kier alpha value is -1.65. The van der Waals surface area contributed by atoms with E-state index in [4.69, 9.17) is 5.11 Å². The number of rotatable bonds is 11. The first kappa shape index (κ1) is 22.4. The molecule has 26 heavy (non-hydrogen) atoms. The summed E-state index contributed by atoms with van der Waals surface area (Å²) in [5.74, 6) is -2.12. The van der Waals surface area contributed by atoms with E-state index in [0.29, 0.717) is 6.42 Å². The number of alkyl halides is 3. The number of benzene rings is 1. The van der Waals surface area contributed by atoms with Crippen LogP contribution in [-0.2, 0) is 14.8 Å². The van der Waals surface area contributed by atoms with Gasteiger partial charge in [0.15, 0.2) is 0 Å². The summed E-state index contributed by atoms with van der Waals surface area (Å²) >= 11 is 0. The number of hydrogen-bond acceptors (Lipinski definition) is 4. The molecule has 0 aliphatic rings. The number of carbonyl (C=O) groups is 1. The van der Waals surface area contributed by atoms with Crippen molar-refractivity contribution in [2.75, 3.05) is 18.5 Å². The molecule has 3 N–H and O–H groups in total. The van der Waals surface area contributed by atoms with Crippen molar-refractivity contribution in [3.8, 4) is 0 Å². The molecule has 0 aliphatic heterocycles. The van der Waals surface area contributed by atoms with Crippen LogP contribution >= 0.6 is 0 Å². The van der Waals surface area contributed by atoms with Gasteiger partial charge in [-0.05, 0) is 37.1 Å². The van der Waals surface area contributed by atoms with Crippen molar-refractivity contribution < 1.29 is 31.5 Å². The predicted molar refractivity (Wildman–Crippen MR) is 91.1 cm³/mol. The summed E-state index contributed by atoms with van der Waals surface area (Å²) in [6.45, 7) is 0.438. The Morgan fingerprint density at radius 2 is 1.50 bits per heavy atom. The summed E-state index contributed by atoms with van der Waals surface area (Å²) in [5.41, 5.74) is -0.144. The Morgan fingerprint density at radius 1 is 0.962 bits per heavy atom. The van der Waals surface area contributed by atoms with Crippen LogP contribution in [0.15, 0.2) is 29.2 Å². The first-order valence-corrected chi connectivity index (χ1v) is 9.74. The molecule has 1 aromatic carbocycles. The number of halogens is 3. The minimum Gasteiger partial charge on any atom is -0.396 e. The molecule has 0 saturated carbocycles. The van der Waals surface area contributed by atoms with E-state index in [2.05, 4.69) is 4.72 Å². The highest BCUT2D eigenvalue weighted by Crippen LogP contribution is 2.19. The maximum Gasteiger partial charge on any atom is 0.471 e. The van der Waals surface area contributed by atoms with E-state index >= 15 is 0 Å². The normalized spacial score (nSPS) is 12.2. The number of unbranched alkanes of at least 4 members (excludes halogenated alkanes) is 5. The number of anilines is 1. The molecule has 0 aliphatic carbocycles. The van der Waals surface area contributed by atoms with Crippen molar-refractivity contribution in [1.82, 2.24) is 4.72 Å². The third-order valence-corrected chi connectivity index (χ3v) is 5.03. The number of amides is 1. The standard InChI is InChI=1S/C16H23F3N2O4S/c17-16(18,19)15(23)21-13-7-9-14(10-8-13)26(24,25)20-11-5-3-1-2-4-6-12-22/h7-10,20,22H,1-6,11-12H2,(H,21,23). The lowest BCUT2D eigenvalue weighted by atomic mass is 10.1. The predicted octanol–water partition coefficient (Wildman–Crippen LogP) is 2.80. The first-order chi connectivity index (χ1) is 12.2. The van der Waals surface area contributed by atoms with Gasteiger partial charge in [0.25, 0.3) is 0 Å². The van der Waals surface area contributed by atoms with Gasteiger partial charge in [0.1, 0.15) is 0 Å². The summed E-state index contributed by atoms with van der Waals surface area (Å²) in [5, 5.41) is 10.3. The third kappa shape index (κ3) is 8.15. The Morgan fingerprint density at radius 3 is 2.04 bits per heavy atom. The molecule has 0 atom stereocenters. The van der Waals surface area contributed by atoms with Crippen LogP contribution in [0.4, 0.5) is 18.9 Å².